The van der Waals surface area contributed by atoms with Crippen LogP contribution < -0.4 is 24.8 Å². The van der Waals surface area contributed by atoms with Crippen LogP contribution in [0.4, 0.5) is 0 Å². The van der Waals surface area contributed by atoms with Gasteiger partial charge in [-0.05, 0) is 72.6 Å². The summed E-state index contributed by atoms with van der Waals surface area (Å²) < 4.78 is 0. The average molecular weight is 866 g/mol. The number of halogens is 2. The zero-order chi connectivity index (χ0) is 32.6. The third-order valence-corrected chi connectivity index (χ3v) is 10.5. The zero-order valence-electron chi connectivity index (χ0n) is 30.0. The first-order chi connectivity index (χ1) is 23.1. The number of benzene rings is 4. The van der Waals surface area contributed by atoms with Gasteiger partial charge in [0.15, 0.2) is 0 Å². The quantitative estimate of drug-likeness (QED) is 0.118. The van der Waals surface area contributed by atoms with Crippen molar-refractivity contribution >= 4 is 21.5 Å². The van der Waals surface area contributed by atoms with Crippen LogP contribution in [-0.2, 0) is 38.7 Å². The molecule has 0 saturated heterocycles. The van der Waals surface area contributed by atoms with E-state index in [0.717, 1.165) is 31.1 Å². The molecule has 2 fully saturated rings. The number of aryl methyl sites for hydroxylation is 2. The molecule has 0 nitrogen and oxygen atoms in total. The number of hydrogen-bond donors (Lipinski definition) is 0. The van der Waals surface area contributed by atoms with E-state index in [1.807, 2.05) is 0 Å². The summed E-state index contributed by atoms with van der Waals surface area (Å²) in [4.78, 5) is 0. The van der Waals surface area contributed by atoms with Crippen molar-refractivity contribution in [1.82, 2.24) is 0 Å². The van der Waals surface area contributed by atoms with Gasteiger partial charge in [-0.25, -0.2) is 0 Å². The minimum atomic E-state index is 0. The molecule has 3 heteroatoms. The van der Waals surface area contributed by atoms with Gasteiger partial charge in [-0.1, -0.05) is 111 Å². The van der Waals surface area contributed by atoms with Crippen LogP contribution in [0.5, 0.6) is 0 Å². The van der Waals surface area contributed by atoms with E-state index in [0.29, 0.717) is 0 Å². The first kappa shape index (κ1) is 42.0. The molecule has 0 heterocycles. The standard InChI is InChI=1S/2C22H23.C3H6.2ClH.Hf/c2*1-2-16-10-12-18(13-11-16)21-9-5-8-19-14-20(15-22(19)21)17-6-3-4-7-17;1-3-2;;;/h2*5,8-15,17H,2-4,6-7H2,1H3;1-3H2;2*1H;/q2*-1;-2;;;/p-2. The summed E-state index contributed by atoms with van der Waals surface area (Å²) >= 11 is 0. The van der Waals surface area contributed by atoms with Crippen LogP contribution in [0, 0.1) is 13.8 Å². The second kappa shape index (κ2) is 20.6. The van der Waals surface area contributed by atoms with Crippen molar-refractivity contribution in [3.63, 3.8) is 0 Å². The summed E-state index contributed by atoms with van der Waals surface area (Å²) in [6.45, 7) is 11.2. The molecule has 264 valence electrons. The van der Waals surface area contributed by atoms with Crippen LogP contribution in [-0.4, -0.2) is 0 Å². The molecular weight excluding hydrogens is 814 g/mol. The fourth-order valence-electron chi connectivity index (χ4n) is 7.85. The third kappa shape index (κ3) is 9.90. The summed E-state index contributed by atoms with van der Waals surface area (Å²) in [5, 5.41) is 5.65. The van der Waals surface area contributed by atoms with Crippen molar-refractivity contribution in [1.29, 1.82) is 0 Å². The molecule has 8 rings (SSSR count). The molecule has 0 spiro atoms. The Balaban J connectivity index is 0.000000238. The van der Waals surface area contributed by atoms with Gasteiger partial charge in [-0.15, -0.1) is 69.1 Å². The first-order valence-corrected chi connectivity index (χ1v) is 18.3. The van der Waals surface area contributed by atoms with Gasteiger partial charge in [-0.3, -0.25) is 0 Å². The molecule has 0 N–H and O–H groups in total. The molecular formula is C47H52Cl2Hf-6. The van der Waals surface area contributed by atoms with Gasteiger partial charge in [0.25, 0.3) is 0 Å². The Hall–Kier alpha value is -2.45. The molecule has 0 radical (unpaired) electrons. The second-order valence-electron chi connectivity index (χ2n) is 13.6. The SMILES string of the molecule is CCc1ccc(-c2cccc3[cH-]c(C4CCCC4)cc23)cc1.CCc1ccc(-c2cccc3[cH-]c(C4CCCC4)cc23)cc1.[CH2-]C[CH2-].[Cl-].[Cl-].[Hf]. The van der Waals surface area contributed by atoms with E-state index in [2.05, 4.69) is 137 Å². The Bertz CT molecular complexity index is 1710. The molecule has 0 amide bonds. The predicted octanol–water partition coefficient (Wildman–Crippen LogP) is 7.94. The maximum atomic E-state index is 3.38. The first-order valence-electron chi connectivity index (χ1n) is 18.3. The van der Waals surface area contributed by atoms with E-state index < -0.39 is 0 Å². The maximum Gasteiger partial charge on any atom is 0 e. The molecule has 0 atom stereocenters. The normalized spacial score (nSPS) is 14.2. The molecule has 0 aliphatic heterocycles. The Morgan fingerprint density at radius 2 is 0.880 bits per heavy atom. The summed E-state index contributed by atoms with van der Waals surface area (Å²) in [7, 11) is 0. The average Bonchev–Trinajstić information content (AvgIpc) is 3.95. The van der Waals surface area contributed by atoms with Crippen LogP contribution in [0.1, 0.15) is 106 Å². The molecule has 50 heavy (non-hydrogen) atoms. The summed E-state index contributed by atoms with van der Waals surface area (Å²) in [6.07, 6.45) is 14.0. The predicted molar refractivity (Wildman–Crippen MR) is 206 cm³/mol. The van der Waals surface area contributed by atoms with Gasteiger partial charge in [-0.2, -0.15) is 12.1 Å². The van der Waals surface area contributed by atoms with E-state index in [4.69, 9.17) is 0 Å². The third-order valence-electron chi connectivity index (χ3n) is 10.5. The van der Waals surface area contributed by atoms with Gasteiger partial charge in [0.1, 0.15) is 0 Å². The van der Waals surface area contributed by atoms with E-state index in [9.17, 15) is 0 Å². The molecule has 6 aromatic carbocycles. The van der Waals surface area contributed by atoms with E-state index in [-0.39, 0.29) is 50.7 Å². The van der Waals surface area contributed by atoms with Gasteiger partial charge >= 0.3 is 0 Å². The molecule has 2 aliphatic rings. The van der Waals surface area contributed by atoms with Gasteiger partial charge < -0.3 is 45.1 Å². The van der Waals surface area contributed by atoms with Crippen LogP contribution in [0.3, 0.4) is 0 Å². The van der Waals surface area contributed by atoms with Crippen molar-refractivity contribution in [2.45, 2.75) is 96.3 Å². The topological polar surface area (TPSA) is 0 Å². The van der Waals surface area contributed by atoms with Crippen molar-refractivity contribution in [3.8, 4) is 22.3 Å². The molecule has 0 unspecified atom stereocenters. The molecule has 2 saturated carbocycles. The van der Waals surface area contributed by atoms with Crippen molar-refractivity contribution in [2.75, 3.05) is 0 Å². The molecule has 2 aliphatic carbocycles. The Morgan fingerprint density at radius 1 is 0.540 bits per heavy atom. The summed E-state index contributed by atoms with van der Waals surface area (Å²) in [6, 6.07) is 41.3. The van der Waals surface area contributed by atoms with Crippen LogP contribution >= 0.6 is 0 Å². The van der Waals surface area contributed by atoms with Crippen molar-refractivity contribution < 1.29 is 50.7 Å². The van der Waals surface area contributed by atoms with Crippen molar-refractivity contribution in [3.05, 3.63) is 145 Å². The zero-order valence-corrected chi connectivity index (χ0v) is 35.1. The van der Waals surface area contributed by atoms with Crippen molar-refractivity contribution in [2.24, 2.45) is 0 Å². The summed E-state index contributed by atoms with van der Waals surface area (Å²) in [5.74, 6) is 1.59. The largest absolute Gasteiger partial charge is 1.00 e. The minimum absolute atomic E-state index is 0. The second-order valence-corrected chi connectivity index (χ2v) is 13.6. The number of hydrogen-bond acceptors (Lipinski definition) is 0. The monoisotopic (exact) mass is 866 g/mol. The molecule has 0 aromatic heterocycles. The van der Waals surface area contributed by atoms with Gasteiger partial charge in [0.05, 0.1) is 0 Å². The fraction of sp³-hybridized carbons (Fsp3) is 0.319. The van der Waals surface area contributed by atoms with Crippen LogP contribution in [0.15, 0.2) is 109 Å². The fourth-order valence-corrected chi connectivity index (χ4v) is 7.85. The summed E-state index contributed by atoms with van der Waals surface area (Å²) in [5.41, 5.74) is 11.4. The maximum absolute atomic E-state index is 3.38. The van der Waals surface area contributed by atoms with Gasteiger partial charge in [0.2, 0.25) is 0 Å². The smallest absolute Gasteiger partial charge is 0 e. The van der Waals surface area contributed by atoms with E-state index in [1.165, 1.54) is 106 Å². The number of fused-ring (bicyclic) bond motifs is 2. The van der Waals surface area contributed by atoms with E-state index >= 15 is 0 Å². The number of rotatable bonds is 6. The molecule has 0 bridgehead atoms. The van der Waals surface area contributed by atoms with E-state index in [1.54, 1.807) is 11.1 Å². The Morgan fingerprint density at radius 3 is 1.20 bits per heavy atom. The Kier molecular flexibility index (Phi) is 17.3. The van der Waals surface area contributed by atoms with Gasteiger partial charge in [0, 0.05) is 25.8 Å². The molecule has 6 aromatic rings. The van der Waals surface area contributed by atoms with Crippen LogP contribution in [0.2, 0.25) is 0 Å². The minimum Gasteiger partial charge on any atom is -1.00 e. The van der Waals surface area contributed by atoms with Crippen LogP contribution in [0.25, 0.3) is 43.8 Å². The Labute approximate surface area is 333 Å².